The van der Waals surface area contributed by atoms with Crippen molar-refractivity contribution in [3.05, 3.63) is 36.0 Å². The SMILES string of the molecule is COC(=O)c1cc2c(OC(=O)N(C)C)cccc2[n+](C)c1.O=S(=O)([O-])C(F)(F)F. The van der Waals surface area contributed by atoms with Crippen LogP contribution >= 0.6 is 0 Å². The summed E-state index contributed by atoms with van der Waals surface area (Å²) < 4.78 is 70.8. The first-order valence-electron chi connectivity index (χ1n) is 7.61. The summed E-state index contributed by atoms with van der Waals surface area (Å²) in [4.78, 5) is 24.8. The normalized spacial score (nSPS) is 11.3. The van der Waals surface area contributed by atoms with Crippen LogP contribution in [0, 0.1) is 0 Å². The number of carbonyl (C=O) groups excluding carboxylic acids is 2. The maximum atomic E-state index is 11.7. The number of aryl methyl sites for hydroxylation is 1. The van der Waals surface area contributed by atoms with Crippen LogP contribution in [0.15, 0.2) is 30.5 Å². The largest absolute Gasteiger partial charge is 0.741 e. The summed E-state index contributed by atoms with van der Waals surface area (Å²) in [6.45, 7) is 0. The van der Waals surface area contributed by atoms with Crippen LogP contribution in [0.1, 0.15) is 10.4 Å². The first-order valence-corrected chi connectivity index (χ1v) is 9.02. The van der Waals surface area contributed by atoms with E-state index < -0.39 is 27.7 Å². The fourth-order valence-electron chi connectivity index (χ4n) is 1.96. The van der Waals surface area contributed by atoms with Gasteiger partial charge in [0.25, 0.3) is 0 Å². The smallest absolute Gasteiger partial charge is 0.485 e. The number of carbonyl (C=O) groups is 2. The summed E-state index contributed by atoms with van der Waals surface area (Å²) in [5, 5.41) is 0.665. The van der Waals surface area contributed by atoms with E-state index in [4.69, 9.17) is 22.4 Å². The van der Waals surface area contributed by atoms with Crippen molar-refractivity contribution in [2.75, 3.05) is 21.2 Å². The Hall–Kier alpha value is -2.93. The van der Waals surface area contributed by atoms with E-state index in [1.165, 1.54) is 12.0 Å². The van der Waals surface area contributed by atoms with Crippen LogP contribution in [-0.2, 0) is 21.9 Å². The molecule has 0 unspecified atom stereocenters. The average molecular weight is 438 g/mol. The number of nitrogens with zero attached hydrogens (tertiary/aromatic N) is 2. The second-order valence-corrected chi connectivity index (χ2v) is 7.05. The molecule has 0 saturated carbocycles. The molecule has 0 radical (unpaired) electrons. The van der Waals surface area contributed by atoms with Gasteiger partial charge in [-0.05, 0) is 12.1 Å². The van der Waals surface area contributed by atoms with Gasteiger partial charge in [0.05, 0.1) is 12.5 Å². The van der Waals surface area contributed by atoms with Crippen molar-refractivity contribution in [3.8, 4) is 5.75 Å². The van der Waals surface area contributed by atoms with Crippen LogP contribution in [0.3, 0.4) is 0 Å². The molecule has 0 saturated heterocycles. The molecule has 0 aliphatic rings. The lowest BCUT2D eigenvalue weighted by atomic mass is 10.1. The van der Waals surface area contributed by atoms with Crippen LogP contribution in [0.25, 0.3) is 10.9 Å². The number of rotatable bonds is 2. The van der Waals surface area contributed by atoms with E-state index in [1.807, 2.05) is 13.1 Å². The van der Waals surface area contributed by atoms with Crippen molar-refractivity contribution in [1.82, 2.24) is 4.90 Å². The molecular weight excluding hydrogens is 421 g/mol. The molecule has 0 N–H and O–H groups in total. The molecule has 0 spiro atoms. The Kier molecular flexibility index (Phi) is 7.52. The highest BCUT2D eigenvalue weighted by atomic mass is 32.2. The number of pyridine rings is 1. The summed E-state index contributed by atoms with van der Waals surface area (Å²) >= 11 is 0. The number of methoxy groups -OCH3 is 1. The monoisotopic (exact) mass is 438 g/mol. The lowest BCUT2D eigenvalue weighted by Gasteiger charge is -2.12. The van der Waals surface area contributed by atoms with Crippen molar-refractivity contribution in [1.29, 1.82) is 0 Å². The van der Waals surface area contributed by atoms with E-state index in [0.717, 1.165) is 5.52 Å². The summed E-state index contributed by atoms with van der Waals surface area (Å²) in [5.74, 6) is -0.0474. The zero-order valence-corrected chi connectivity index (χ0v) is 16.5. The number of benzene rings is 1. The summed E-state index contributed by atoms with van der Waals surface area (Å²) in [6, 6.07) is 7.01. The molecule has 2 aromatic rings. The minimum absolute atomic E-state index is 0.390. The van der Waals surface area contributed by atoms with Gasteiger partial charge in [0.1, 0.15) is 18.4 Å². The summed E-state index contributed by atoms with van der Waals surface area (Å²) in [6.07, 6.45) is 1.19. The fourth-order valence-corrected chi connectivity index (χ4v) is 1.96. The van der Waals surface area contributed by atoms with E-state index >= 15 is 0 Å². The second-order valence-electron chi connectivity index (χ2n) is 5.68. The van der Waals surface area contributed by atoms with Gasteiger partial charge in [-0.3, -0.25) is 0 Å². The Morgan fingerprint density at radius 2 is 1.76 bits per heavy atom. The Bertz CT molecular complexity index is 1020. The molecule has 1 aromatic carbocycles. The number of aromatic nitrogens is 1. The van der Waals surface area contributed by atoms with Gasteiger partial charge in [0.15, 0.2) is 16.3 Å². The van der Waals surface area contributed by atoms with E-state index in [2.05, 4.69) is 0 Å². The standard InChI is InChI=1S/C15H17N2O4.CHF3O3S/c1-16(2)15(19)21-13-7-5-6-12-11(13)8-10(9-17(12)3)14(18)20-4;2-1(3,4)8(5,6)7/h5-9H,1-4H3;(H,5,6,7)/q+1;/p-1. The van der Waals surface area contributed by atoms with E-state index in [-0.39, 0.29) is 0 Å². The zero-order chi connectivity index (χ0) is 22.6. The Morgan fingerprint density at radius 3 is 2.21 bits per heavy atom. The van der Waals surface area contributed by atoms with Gasteiger partial charge in [0, 0.05) is 20.2 Å². The average Bonchev–Trinajstić information content (AvgIpc) is 2.60. The minimum atomic E-state index is -6.09. The number of hydrogen-bond acceptors (Lipinski definition) is 7. The molecule has 2 rings (SSSR count). The van der Waals surface area contributed by atoms with Gasteiger partial charge < -0.3 is 18.9 Å². The molecule has 160 valence electrons. The maximum Gasteiger partial charge on any atom is 0.485 e. The Labute approximate surface area is 164 Å². The predicted molar refractivity (Wildman–Crippen MR) is 91.9 cm³/mol. The predicted octanol–water partition coefficient (Wildman–Crippen LogP) is 1.56. The number of ether oxygens (including phenoxy) is 2. The highest BCUT2D eigenvalue weighted by Gasteiger charge is 2.36. The van der Waals surface area contributed by atoms with Crippen LogP contribution in [0.2, 0.25) is 0 Å². The molecule has 0 aliphatic carbocycles. The lowest BCUT2D eigenvalue weighted by molar-refractivity contribution is -0.645. The topological polar surface area (TPSA) is 117 Å². The fraction of sp³-hybridized carbons (Fsp3) is 0.312. The van der Waals surface area contributed by atoms with Gasteiger partial charge in [-0.15, -0.1) is 0 Å². The Balaban J connectivity index is 0.000000447. The molecule has 0 aliphatic heterocycles. The number of fused-ring (bicyclic) bond motifs is 1. The third-order valence-electron chi connectivity index (χ3n) is 3.32. The van der Waals surface area contributed by atoms with Crippen molar-refractivity contribution in [2.45, 2.75) is 5.51 Å². The highest BCUT2D eigenvalue weighted by Crippen LogP contribution is 2.25. The lowest BCUT2D eigenvalue weighted by Crippen LogP contribution is -2.30. The van der Waals surface area contributed by atoms with Crippen molar-refractivity contribution >= 4 is 33.1 Å². The number of halogens is 3. The van der Waals surface area contributed by atoms with Gasteiger partial charge >= 0.3 is 17.6 Å². The summed E-state index contributed by atoms with van der Waals surface area (Å²) in [7, 11) is 0.254. The molecule has 9 nitrogen and oxygen atoms in total. The molecule has 0 atom stereocenters. The zero-order valence-electron chi connectivity index (χ0n) is 15.7. The van der Waals surface area contributed by atoms with E-state index in [0.29, 0.717) is 16.7 Å². The van der Waals surface area contributed by atoms with Crippen molar-refractivity contribution < 1.29 is 49.8 Å². The van der Waals surface area contributed by atoms with E-state index in [9.17, 15) is 22.8 Å². The van der Waals surface area contributed by atoms with Gasteiger partial charge in [0.2, 0.25) is 5.52 Å². The summed E-state index contributed by atoms with van der Waals surface area (Å²) in [5.41, 5.74) is -4.42. The molecule has 1 heterocycles. The highest BCUT2D eigenvalue weighted by molar-refractivity contribution is 7.86. The molecule has 29 heavy (non-hydrogen) atoms. The third-order valence-corrected chi connectivity index (χ3v) is 3.89. The van der Waals surface area contributed by atoms with Crippen LogP contribution < -0.4 is 9.30 Å². The van der Waals surface area contributed by atoms with Gasteiger partial charge in [-0.2, -0.15) is 13.2 Å². The molecular formula is C16H17F3N2O7S. The van der Waals surface area contributed by atoms with Crippen molar-refractivity contribution in [3.63, 3.8) is 0 Å². The minimum Gasteiger partial charge on any atom is -0.741 e. The van der Waals surface area contributed by atoms with Crippen LogP contribution in [0.5, 0.6) is 5.75 Å². The van der Waals surface area contributed by atoms with E-state index in [1.54, 1.807) is 43.1 Å². The molecule has 1 amide bonds. The maximum absolute atomic E-state index is 11.7. The molecule has 0 fully saturated rings. The molecule has 13 heteroatoms. The molecule has 1 aromatic heterocycles. The molecule has 0 bridgehead atoms. The number of esters is 1. The second kappa shape index (κ2) is 9.05. The van der Waals surface area contributed by atoms with Crippen LogP contribution in [-0.4, -0.2) is 56.6 Å². The number of hydrogen-bond donors (Lipinski definition) is 0. The first-order chi connectivity index (χ1) is 13.2. The van der Waals surface area contributed by atoms with Gasteiger partial charge in [-0.1, -0.05) is 6.07 Å². The van der Waals surface area contributed by atoms with Crippen LogP contribution in [0.4, 0.5) is 18.0 Å². The number of alkyl halides is 3. The van der Waals surface area contributed by atoms with Gasteiger partial charge in [-0.25, -0.2) is 22.6 Å². The van der Waals surface area contributed by atoms with Crippen molar-refractivity contribution in [2.24, 2.45) is 7.05 Å². The Morgan fingerprint density at radius 1 is 1.21 bits per heavy atom. The third kappa shape index (κ3) is 6.29. The number of amides is 1. The quantitative estimate of drug-likeness (QED) is 0.302. The first kappa shape index (κ1) is 24.1.